The van der Waals surface area contributed by atoms with Gasteiger partial charge in [-0.1, -0.05) is 17.3 Å². The Morgan fingerprint density at radius 1 is 1.24 bits per heavy atom. The number of nitrogens with zero attached hydrogens (tertiary/aromatic N) is 2. The highest BCUT2D eigenvalue weighted by Gasteiger charge is 2.31. The van der Waals surface area contributed by atoms with Gasteiger partial charge in [0.15, 0.2) is 6.10 Å². The van der Waals surface area contributed by atoms with E-state index in [9.17, 15) is 0 Å². The normalized spacial score (nSPS) is 28.1. The fourth-order valence-electron chi connectivity index (χ4n) is 2.93. The third kappa shape index (κ3) is 2.53. The minimum absolute atomic E-state index is 0.141. The van der Waals surface area contributed by atoms with Gasteiger partial charge in [-0.05, 0) is 31.4 Å². The SMILES string of the molecule is NC1CCC(c2nc(C3CSc4ccccc4O3)no2)C1. The lowest BCUT2D eigenvalue weighted by Gasteiger charge is -2.22. The lowest BCUT2D eigenvalue weighted by atomic mass is 10.1. The van der Waals surface area contributed by atoms with Gasteiger partial charge >= 0.3 is 0 Å². The van der Waals surface area contributed by atoms with Crippen molar-refractivity contribution in [1.29, 1.82) is 0 Å². The van der Waals surface area contributed by atoms with Crippen LogP contribution in [0.4, 0.5) is 0 Å². The highest BCUT2D eigenvalue weighted by molar-refractivity contribution is 7.99. The Morgan fingerprint density at radius 2 is 2.14 bits per heavy atom. The first-order valence-corrected chi connectivity index (χ1v) is 8.26. The van der Waals surface area contributed by atoms with Crippen molar-refractivity contribution in [1.82, 2.24) is 10.1 Å². The molecule has 2 N–H and O–H groups in total. The predicted molar refractivity (Wildman–Crippen MR) is 79.4 cm³/mol. The number of para-hydroxylation sites is 1. The molecule has 1 aromatic carbocycles. The van der Waals surface area contributed by atoms with Crippen LogP contribution in [0.15, 0.2) is 33.7 Å². The van der Waals surface area contributed by atoms with Crippen LogP contribution in [0.1, 0.15) is 43.0 Å². The topological polar surface area (TPSA) is 74.2 Å². The molecule has 1 aliphatic heterocycles. The highest BCUT2D eigenvalue weighted by Crippen LogP contribution is 2.40. The zero-order valence-electron chi connectivity index (χ0n) is 11.6. The second kappa shape index (κ2) is 5.35. The van der Waals surface area contributed by atoms with Crippen LogP contribution in [0, 0.1) is 0 Å². The zero-order valence-corrected chi connectivity index (χ0v) is 12.4. The van der Waals surface area contributed by atoms with E-state index >= 15 is 0 Å². The molecule has 2 aromatic rings. The Labute approximate surface area is 127 Å². The largest absolute Gasteiger partial charge is 0.480 e. The number of benzene rings is 1. The summed E-state index contributed by atoms with van der Waals surface area (Å²) in [5.74, 6) is 3.37. The molecule has 21 heavy (non-hydrogen) atoms. The molecule has 0 bridgehead atoms. The average Bonchev–Trinajstić information content (AvgIpc) is 3.15. The maximum atomic E-state index is 5.98. The Balaban J connectivity index is 1.52. The van der Waals surface area contributed by atoms with E-state index in [1.165, 1.54) is 4.90 Å². The molecule has 0 saturated heterocycles. The van der Waals surface area contributed by atoms with Gasteiger partial charge in [-0.2, -0.15) is 4.98 Å². The minimum atomic E-state index is -0.141. The molecule has 6 heteroatoms. The van der Waals surface area contributed by atoms with Crippen LogP contribution in [0.25, 0.3) is 0 Å². The van der Waals surface area contributed by atoms with E-state index in [-0.39, 0.29) is 12.1 Å². The van der Waals surface area contributed by atoms with Gasteiger partial charge in [0.1, 0.15) is 5.75 Å². The van der Waals surface area contributed by atoms with Crippen molar-refractivity contribution in [2.75, 3.05) is 5.75 Å². The van der Waals surface area contributed by atoms with Gasteiger partial charge in [-0.15, -0.1) is 11.8 Å². The molecule has 3 unspecified atom stereocenters. The molecule has 1 aromatic heterocycles. The molecule has 110 valence electrons. The van der Waals surface area contributed by atoms with Gasteiger partial charge in [0.05, 0.1) is 0 Å². The molecule has 5 nitrogen and oxygen atoms in total. The molecule has 2 aliphatic rings. The number of thioether (sulfide) groups is 1. The maximum Gasteiger partial charge on any atom is 0.229 e. The minimum Gasteiger partial charge on any atom is -0.480 e. The fourth-order valence-corrected chi connectivity index (χ4v) is 3.91. The molecular weight excluding hydrogens is 286 g/mol. The molecule has 1 fully saturated rings. The zero-order chi connectivity index (χ0) is 14.2. The first kappa shape index (κ1) is 13.2. The Kier molecular flexibility index (Phi) is 3.35. The van der Waals surface area contributed by atoms with Crippen molar-refractivity contribution < 1.29 is 9.26 Å². The number of hydrogen-bond donors (Lipinski definition) is 1. The molecule has 0 spiro atoms. The van der Waals surface area contributed by atoms with Crippen LogP contribution < -0.4 is 10.5 Å². The summed E-state index contributed by atoms with van der Waals surface area (Å²) in [7, 11) is 0. The van der Waals surface area contributed by atoms with E-state index < -0.39 is 0 Å². The molecule has 0 radical (unpaired) electrons. The van der Waals surface area contributed by atoms with Crippen LogP contribution in [0.3, 0.4) is 0 Å². The third-order valence-electron chi connectivity index (χ3n) is 4.08. The van der Waals surface area contributed by atoms with E-state index in [1.807, 2.05) is 18.2 Å². The summed E-state index contributed by atoms with van der Waals surface area (Å²) in [6, 6.07) is 8.30. The van der Waals surface area contributed by atoms with Crippen LogP contribution >= 0.6 is 11.8 Å². The molecule has 1 aliphatic carbocycles. The molecule has 1 saturated carbocycles. The first-order valence-electron chi connectivity index (χ1n) is 7.27. The molecule has 3 atom stereocenters. The van der Waals surface area contributed by atoms with Crippen LogP contribution in [0.2, 0.25) is 0 Å². The van der Waals surface area contributed by atoms with Crippen molar-refractivity contribution in [3.63, 3.8) is 0 Å². The van der Waals surface area contributed by atoms with Gasteiger partial charge in [0.25, 0.3) is 0 Å². The molecular formula is C15H17N3O2S. The number of aromatic nitrogens is 2. The first-order chi connectivity index (χ1) is 10.3. The lowest BCUT2D eigenvalue weighted by Crippen LogP contribution is -2.16. The summed E-state index contributed by atoms with van der Waals surface area (Å²) in [6.45, 7) is 0. The Bertz CT molecular complexity index is 645. The summed E-state index contributed by atoms with van der Waals surface area (Å²) in [4.78, 5) is 5.72. The van der Waals surface area contributed by atoms with Gasteiger partial charge < -0.3 is 15.0 Å². The second-order valence-electron chi connectivity index (χ2n) is 5.63. The van der Waals surface area contributed by atoms with Crippen molar-refractivity contribution in [2.24, 2.45) is 5.73 Å². The van der Waals surface area contributed by atoms with E-state index in [4.69, 9.17) is 15.0 Å². The van der Waals surface area contributed by atoms with E-state index in [2.05, 4.69) is 16.2 Å². The predicted octanol–water partition coefficient (Wildman–Crippen LogP) is 2.89. The second-order valence-corrected chi connectivity index (χ2v) is 6.69. The van der Waals surface area contributed by atoms with Gasteiger partial charge in [0, 0.05) is 22.6 Å². The Morgan fingerprint density at radius 3 is 3.00 bits per heavy atom. The van der Waals surface area contributed by atoms with Crippen molar-refractivity contribution >= 4 is 11.8 Å². The number of ether oxygens (including phenoxy) is 1. The van der Waals surface area contributed by atoms with E-state index in [1.54, 1.807) is 11.8 Å². The van der Waals surface area contributed by atoms with E-state index in [0.717, 1.165) is 30.8 Å². The van der Waals surface area contributed by atoms with Crippen LogP contribution in [0.5, 0.6) is 5.75 Å². The highest BCUT2D eigenvalue weighted by atomic mass is 32.2. The van der Waals surface area contributed by atoms with Gasteiger partial charge in [0.2, 0.25) is 11.7 Å². The summed E-state index contributed by atoms with van der Waals surface area (Å²) in [5, 5.41) is 4.12. The van der Waals surface area contributed by atoms with Gasteiger partial charge in [-0.3, -0.25) is 0 Å². The summed E-state index contributed by atoms with van der Waals surface area (Å²) in [6.07, 6.45) is 2.86. The standard InChI is InChI=1S/C15H17N3O2S/c16-10-6-5-9(7-10)15-17-14(18-20-15)12-8-21-13-4-2-1-3-11(13)19-12/h1-4,9-10,12H,5-8,16H2. The van der Waals surface area contributed by atoms with E-state index in [0.29, 0.717) is 17.6 Å². The smallest absolute Gasteiger partial charge is 0.229 e. The van der Waals surface area contributed by atoms with Crippen molar-refractivity contribution in [3.05, 3.63) is 36.0 Å². The average molecular weight is 303 g/mol. The summed E-state index contributed by atoms with van der Waals surface area (Å²) < 4.78 is 11.4. The quantitative estimate of drug-likeness (QED) is 0.919. The van der Waals surface area contributed by atoms with Crippen LogP contribution in [-0.4, -0.2) is 21.9 Å². The summed E-state index contributed by atoms with van der Waals surface area (Å²) >= 11 is 1.77. The number of nitrogens with two attached hydrogens (primary N) is 1. The third-order valence-corrected chi connectivity index (χ3v) is 5.19. The van der Waals surface area contributed by atoms with Gasteiger partial charge in [-0.25, -0.2) is 0 Å². The molecule has 4 rings (SSSR count). The number of rotatable bonds is 2. The number of hydrogen-bond acceptors (Lipinski definition) is 6. The van der Waals surface area contributed by atoms with Crippen molar-refractivity contribution in [3.8, 4) is 5.75 Å². The summed E-state index contributed by atoms with van der Waals surface area (Å²) in [5.41, 5.74) is 5.95. The Hall–Kier alpha value is -1.53. The number of fused-ring (bicyclic) bond motifs is 1. The monoisotopic (exact) mass is 303 g/mol. The molecule has 2 heterocycles. The van der Waals surface area contributed by atoms with Crippen LogP contribution in [-0.2, 0) is 0 Å². The maximum absolute atomic E-state index is 5.98. The molecule has 0 amide bonds. The lowest BCUT2D eigenvalue weighted by molar-refractivity contribution is 0.205. The van der Waals surface area contributed by atoms with Crippen molar-refractivity contribution in [2.45, 2.75) is 42.2 Å². The fraction of sp³-hybridized carbons (Fsp3) is 0.467.